The smallest absolute Gasteiger partial charge is 0.252 e. The number of hydrogen-bond donors (Lipinski definition) is 1. The first-order valence-corrected chi connectivity index (χ1v) is 7.83. The molecule has 1 aromatic carbocycles. The van der Waals surface area contributed by atoms with Crippen molar-refractivity contribution in [2.24, 2.45) is 0 Å². The number of halogens is 2. The van der Waals surface area contributed by atoms with Gasteiger partial charge in [0.15, 0.2) is 0 Å². The molecule has 106 valence electrons. The SMILES string of the molecule is CN(C)CCOCCNC(=O)c1cc(I)ccc1Br. The lowest BCUT2D eigenvalue weighted by Crippen LogP contribution is -2.28. The Labute approximate surface area is 136 Å². The van der Waals surface area contributed by atoms with Crippen LogP contribution >= 0.6 is 38.5 Å². The van der Waals surface area contributed by atoms with Crippen LogP contribution in [0.1, 0.15) is 10.4 Å². The molecular weight excluding hydrogens is 423 g/mol. The van der Waals surface area contributed by atoms with Gasteiger partial charge >= 0.3 is 0 Å². The molecule has 0 aliphatic rings. The van der Waals surface area contributed by atoms with Gasteiger partial charge in [-0.15, -0.1) is 0 Å². The van der Waals surface area contributed by atoms with Crippen LogP contribution in [0, 0.1) is 3.57 Å². The van der Waals surface area contributed by atoms with Crippen molar-refractivity contribution in [3.63, 3.8) is 0 Å². The van der Waals surface area contributed by atoms with Crippen LogP contribution in [-0.4, -0.2) is 51.2 Å². The number of benzene rings is 1. The molecule has 1 rings (SSSR count). The van der Waals surface area contributed by atoms with Gasteiger partial charge in [-0.2, -0.15) is 0 Å². The molecule has 0 heterocycles. The second kappa shape index (κ2) is 8.89. The van der Waals surface area contributed by atoms with E-state index in [2.05, 4.69) is 48.7 Å². The lowest BCUT2D eigenvalue weighted by Gasteiger charge is -2.10. The van der Waals surface area contributed by atoms with E-state index in [0.29, 0.717) is 25.3 Å². The Balaban J connectivity index is 2.29. The van der Waals surface area contributed by atoms with Crippen LogP contribution in [0.5, 0.6) is 0 Å². The number of nitrogens with one attached hydrogen (secondary N) is 1. The number of hydrogen-bond acceptors (Lipinski definition) is 3. The van der Waals surface area contributed by atoms with Crippen LogP contribution in [0.3, 0.4) is 0 Å². The number of ether oxygens (including phenoxy) is 1. The zero-order valence-corrected chi connectivity index (χ0v) is 14.8. The lowest BCUT2D eigenvalue weighted by atomic mass is 10.2. The summed E-state index contributed by atoms with van der Waals surface area (Å²) in [5.41, 5.74) is 0.653. The third kappa shape index (κ3) is 6.69. The summed E-state index contributed by atoms with van der Waals surface area (Å²) in [4.78, 5) is 14.0. The Kier molecular flexibility index (Phi) is 7.89. The summed E-state index contributed by atoms with van der Waals surface area (Å²) in [6.07, 6.45) is 0. The van der Waals surface area contributed by atoms with Gasteiger partial charge in [0.2, 0.25) is 0 Å². The van der Waals surface area contributed by atoms with Crippen LogP contribution in [0.2, 0.25) is 0 Å². The van der Waals surface area contributed by atoms with Crippen molar-refractivity contribution < 1.29 is 9.53 Å². The molecule has 19 heavy (non-hydrogen) atoms. The Bertz CT molecular complexity index is 427. The monoisotopic (exact) mass is 440 g/mol. The molecule has 1 amide bonds. The molecule has 0 atom stereocenters. The zero-order valence-electron chi connectivity index (χ0n) is 11.1. The van der Waals surface area contributed by atoms with Gasteiger partial charge < -0.3 is 15.0 Å². The summed E-state index contributed by atoms with van der Waals surface area (Å²) in [5.74, 6) is -0.0819. The highest BCUT2D eigenvalue weighted by molar-refractivity contribution is 14.1. The minimum Gasteiger partial charge on any atom is -0.378 e. The van der Waals surface area contributed by atoms with E-state index in [1.165, 1.54) is 0 Å². The van der Waals surface area contributed by atoms with Crippen LogP contribution < -0.4 is 5.32 Å². The molecule has 6 heteroatoms. The number of rotatable bonds is 7. The first-order chi connectivity index (χ1) is 9.00. The lowest BCUT2D eigenvalue weighted by molar-refractivity contribution is 0.0899. The number of likely N-dealkylation sites (N-methyl/N-ethyl adjacent to an activating group) is 1. The fourth-order valence-corrected chi connectivity index (χ4v) is 2.27. The molecule has 4 nitrogen and oxygen atoms in total. The Morgan fingerprint density at radius 1 is 1.42 bits per heavy atom. The summed E-state index contributed by atoms with van der Waals surface area (Å²) in [6.45, 7) is 2.61. The van der Waals surface area contributed by atoms with Crippen molar-refractivity contribution in [3.05, 3.63) is 31.8 Å². The minimum atomic E-state index is -0.0819. The van der Waals surface area contributed by atoms with Gasteiger partial charge in [0.25, 0.3) is 5.91 Å². The van der Waals surface area contributed by atoms with E-state index < -0.39 is 0 Å². The van der Waals surface area contributed by atoms with Crippen molar-refractivity contribution >= 4 is 44.4 Å². The predicted molar refractivity (Wildman–Crippen MR) is 88.6 cm³/mol. The van der Waals surface area contributed by atoms with Crippen LogP contribution in [0.4, 0.5) is 0 Å². The summed E-state index contributed by atoms with van der Waals surface area (Å²) in [5, 5.41) is 2.84. The first-order valence-electron chi connectivity index (χ1n) is 5.96. The van der Waals surface area contributed by atoms with Gasteiger partial charge in [0.1, 0.15) is 0 Å². The second-order valence-corrected chi connectivity index (χ2v) is 6.40. The van der Waals surface area contributed by atoms with E-state index in [1.54, 1.807) is 0 Å². The maximum absolute atomic E-state index is 12.0. The normalized spacial score (nSPS) is 10.8. The summed E-state index contributed by atoms with van der Waals surface area (Å²) < 4.78 is 7.26. The highest BCUT2D eigenvalue weighted by Gasteiger charge is 2.09. The quantitative estimate of drug-likeness (QED) is 0.522. The zero-order chi connectivity index (χ0) is 14.3. The highest BCUT2D eigenvalue weighted by atomic mass is 127. The van der Waals surface area contributed by atoms with Gasteiger partial charge in [0, 0.05) is 21.1 Å². The molecule has 1 N–H and O–H groups in total. The second-order valence-electron chi connectivity index (χ2n) is 4.30. The van der Waals surface area contributed by atoms with Crippen molar-refractivity contribution in [1.29, 1.82) is 0 Å². The van der Waals surface area contributed by atoms with Crippen LogP contribution in [-0.2, 0) is 4.74 Å². The van der Waals surface area contributed by atoms with Crippen molar-refractivity contribution in [3.8, 4) is 0 Å². The third-order valence-corrected chi connectivity index (χ3v) is 3.75. The van der Waals surface area contributed by atoms with E-state index >= 15 is 0 Å². The number of amides is 1. The van der Waals surface area contributed by atoms with Crippen LogP contribution in [0.25, 0.3) is 0 Å². The standard InChI is InChI=1S/C13H18BrIN2O2/c1-17(2)6-8-19-7-5-16-13(18)11-9-10(15)3-4-12(11)14/h3-4,9H,5-8H2,1-2H3,(H,16,18). The van der Waals surface area contributed by atoms with Gasteiger partial charge in [-0.05, 0) is 70.8 Å². The molecule has 0 saturated carbocycles. The Morgan fingerprint density at radius 3 is 2.84 bits per heavy atom. The summed E-state index contributed by atoms with van der Waals surface area (Å²) in [6, 6.07) is 5.68. The molecule has 0 spiro atoms. The number of carbonyl (C=O) groups excluding carboxylic acids is 1. The average Bonchev–Trinajstić information content (AvgIpc) is 2.36. The topological polar surface area (TPSA) is 41.6 Å². The maximum Gasteiger partial charge on any atom is 0.252 e. The van der Waals surface area contributed by atoms with Gasteiger partial charge in [-0.25, -0.2) is 0 Å². The third-order valence-electron chi connectivity index (χ3n) is 2.39. The largest absolute Gasteiger partial charge is 0.378 e. The molecule has 0 radical (unpaired) electrons. The maximum atomic E-state index is 12.0. The molecule has 1 aromatic rings. The predicted octanol–water partition coefficient (Wildman–Crippen LogP) is 2.36. The molecule has 0 aliphatic carbocycles. The molecule has 0 unspecified atom stereocenters. The summed E-state index contributed by atoms with van der Waals surface area (Å²) >= 11 is 5.57. The van der Waals surface area contributed by atoms with E-state index in [-0.39, 0.29) is 5.91 Å². The highest BCUT2D eigenvalue weighted by Crippen LogP contribution is 2.19. The van der Waals surface area contributed by atoms with Crippen LogP contribution in [0.15, 0.2) is 22.7 Å². The van der Waals surface area contributed by atoms with Gasteiger partial charge in [-0.1, -0.05) is 0 Å². The molecule has 0 saturated heterocycles. The Morgan fingerprint density at radius 2 is 2.16 bits per heavy atom. The van der Waals surface area contributed by atoms with Gasteiger partial charge in [0.05, 0.1) is 18.8 Å². The molecule has 0 fully saturated rings. The van der Waals surface area contributed by atoms with Gasteiger partial charge in [-0.3, -0.25) is 4.79 Å². The fraction of sp³-hybridized carbons (Fsp3) is 0.462. The summed E-state index contributed by atoms with van der Waals surface area (Å²) in [7, 11) is 4.00. The molecular formula is C13H18BrIN2O2. The van der Waals surface area contributed by atoms with E-state index in [4.69, 9.17) is 4.74 Å². The van der Waals surface area contributed by atoms with Crippen molar-refractivity contribution in [2.75, 3.05) is 40.4 Å². The minimum absolute atomic E-state index is 0.0819. The average molecular weight is 441 g/mol. The van der Waals surface area contributed by atoms with E-state index in [1.807, 2.05) is 32.3 Å². The molecule has 0 aromatic heterocycles. The first kappa shape index (κ1) is 16.9. The molecule has 0 aliphatic heterocycles. The van der Waals surface area contributed by atoms with E-state index in [9.17, 15) is 4.79 Å². The van der Waals surface area contributed by atoms with Crippen molar-refractivity contribution in [1.82, 2.24) is 10.2 Å². The number of nitrogens with zero attached hydrogens (tertiary/aromatic N) is 1. The number of carbonyl (C=O) groups is 1. The van der Waals surface area contributed by atoms with E-state index in [0.717, 1.165) is 14.6 Å². The fourth-order valence-electron chi connectivity index (χ4n) is 1.35. The Hall–Kier alpha value is -0.180. The molecule has 0 bridgehead atoms. The van der Waals surface area contributed by atoms with Crippen molar-refractivity contribution in [2.45, 2.75) is 0 Å².